The molecule has 0 aliphatic carbocycles. The average Bonchev–Trinajstić information content (AvgIpc) is 3.17. The molecule has 122 valence electrons. The summed E-state index contributed by atoms with van der Waals surface area (Å²) in [5, 5.41) is 2.05. The minimum atomic E-state index is 0.524. The van der Waals surface area contributed by atoms with Crippen molar-refractivity contribution in [2.24, 2.45) is 0 Å². The Labute approximate surface area is 151 Å². The minimum absolute atomic E-state index is 0.524. The largest absolute Gasteiger partial charge is 0.472 e. The maximum Gasteiger partial charge on any atom is 0.233 e. The molecule has 4 aromatic rings. The van der Waals surface area contributed by atoms with Gasteiger partial charge < -0.3 is 4.74 Å². The first kappa shape index (κ1) is 15.6. The normalized spacial score (nSPS) is 10.6. The van der Waals surface area contributed by atoms with Crippen molar-refractivity contribution in [1.29, 1.82) is 0 Å². The number of nitrogens with zero attached hydrogens (tertiary/aromatic N) is 1. The summed E-state index contributed by atoms with van der Waals surface area (Å²) in [4.78, 5) is 0. The molecular weight excluding hydrogens is 326 g/mol. The Morgan fingerprint density at radius 3 is 2.20 bits per heavy atom. The first-order valence-corrected chi connectivity index (χ1v) is 9.01. The van der Waals surface area contributed by atoms with Gasteiger partial charge in [0.25, 0.3) is 0 Å². The van der Waals surface area contributed by atoms with Crippen molar-refractivity contribution in [3.63, 3.8) is 0 Å². The second-order valence-electron chi connectivity index (χ2n) is 5.75. The van der Waals surface area contributed by atoms with E-state index >= 15 is 0 Å². The molecule has 25 heavy (non-hydrogen) atoms. The van der Waals surface area contributed by atoms with E-state index in [1.54, 1.807) is 0 Å². The molecule has 0 saturated heterocycles. The second-order valence-corrected chi connectivity index (χ2v) is 6.38. The van der Waals surface area contributed by atoms with Crippen LogP contribution in [0.5, 0.6) is 5.88 Å². The molecule has 3 heteroatoms. The van der Waals surface area contributed by atoms with Crippen molar-refractivity contribution in [3.8, 4) is 28.1 Å². The van der Waals surface area contributed by atoms with Crippen molar-refractivity contribution in [2.45, 2.75) is 6.61 Å². The van der Waals surface area contributed by atoms with Gasteiger partial charge in [-0.05, 0) is 39.9 Å². The third-order valence-corrected chi connectivity index (χ3v) is 4.65. The van der Waals surface area contributed by atoms with Crippen LogP contribution in [0.1, 0.15) is 5.56 Å². The molecule has 1 aromatic heterocycles. The zero-order chi connectivity index (χ0) is 16.9. The van der Waals surface area contributed by atoms with E-state index in [2.05, 4.69) is 65.0 Å². The highest BCUT2D eigenvalue weighted by Crippen LogP contribution is 2.33. The fraction of sp³-hybridized carbons (Fsp3) is 0.0455. The SMILES string of the molecule is c1ccc(COc2nscc2-c2cccc(-c3ccccc3)c2)cc1. The predicted molar refractivity (Wildman–Crippen MR) is 104 cm³/mol. The van der Waals surface area contributed by atoms with E-state index in [0.29, 0.717) is 12.5 Å². The Balaban J connectivity index is 1.60. The van der Waals surface area contributed by atoms with E-state index in [-0.39, 0.29) is 0 Å². The molecule has 0 unspecified atom stereocenters. The van der Waals surface area contributed by atoms with Gasteiger partial charge in [-0.15, -0.1) is 0 Å². The van der Waals surface area contributed by atoms with Crippen molar-refractivity contribution in [2.75, 3.05) is 0 Å². The molecule has 0 aliphatic rings. The summed E-state index contributed by atoms with van der Waals surface area (Å²) in [6.45, 7) is 0.524. The highest BCUT2D eigenvalue weighted by Gasteiger charge is 2.11. The molecule has 0 saturated carbocycles. The minimum Gasteiger partial charge on any atom is -0.472 e. The Morgan fingerprint density at radius 2 is 1.40 bits per heavy atom. The van der Waals surface area contributed by atoms with Gasteiger partial charge in [0.2, 0.25) is 5.88 Å². The molecule has 0 fully saturated rings. The van der Waals surface area contributed by atoms with Gasteiger partial charge in [0.1, 0.15) is 6.61 Å². The van der Waals surface area contributed by atoms with E-state index in [1.165, 1.54) is 22.7 Å². The van der Waals surface area contributed by atoms with Gasteiger partial charge in [0.05, 0.1) is 5.56 Å². The van der Waals surface area contributed by atoms with E-state index in [4.69, 9.17) is 4.74 Å². The number of rotatable bonds is 5. The van der Waals surface area contributed by atoms with E-state index in [1.807, 2.05) is 29.6 Å². The first-order valence-electron chi connectivity index (χ1n) is 8.17. The van der Waals surface area contributed by atoms with Gasteiger partial charge in [-0.1, -0.05) is 78.9 Å². The van der Waals surface area contributed by atoms with Gasteiger partial charge in [0.15, 0.2) is 0 Å². The summed E-state index contributed by atoms with van der Waals surface area (Å²) in [6, 6.07) is 29.1. The molecule has 0 bridgehead atoms. The number of aromatic nitrogens is 1. The molecule has 4 rings (SSSR count). The quantitative estimate of drug-likeness (QED) is 0.440. The van der Waals surface area contributed by atoms with Gasteiger partial charge in [-0.2, -0.15) is 4.37 Å². The van der Waals surface area contributed by atoms with Crippen molar-refractivity contribution < 1.29 is 4.74 Å². The van der Waals surface area contributed by atoms with Crippen LogP contribution in [0.25, 0.3) is 22.3 Å². The van der Waals surface area contributed by atoms with E-state index in [0.717, 1.165) is 16.7 Å². The lowest BCUT2D eigenvalue weighted by Crippen LogP contribution is -1.96. The first-order chi connectivity index (χ1) is 12.4. The molecule has 2 nitrogen and oxygen atoms in total. The third kappa shape index (κ3) is 3.62. The summed E-state index contributed by atoms with van der Waals surface area (Å²) >= 11 is 1.42. The summed E-state index contributed by atoms with van der Waals surface area (Å²) in [7, 11) is 0. The molecule has 0 radical (unpaired) electrons. The zero-order valence-corrected chi connectivity index (χ0v) is 14.4. The van der Waals surface area contributed by atoms with Crippen LogP contribution in [-0.2, 0) is 6.61 Å². The fourth-order valence-corrected chi connectivity index (χ4v) is 3.39. The zero-order valence-electron chi connectivity index (χ0n) is 13.6. The van der Waals surface area contributed by atoms with Crippen LogP contribution in [0.3, 0.4) is 0 Å². The number of hydrogen-bond acceptors (Lipinski definition) is 3. The van der Waals surface area contributed by atoms with Gasteiger partial charge in [0, 0.05) is 5.38 Å². The Morgan fingerprint density at radius 1 is 0.720 bits per heavy atom. The lowest BCUT2D eigenvalue weighted by Gasteiger charge is -2.08. The lowest BCUT2D eigenvalue weighted by molar-refractivity contribution is 0.298. The molecule has 0 amide bonds. The maximum atomic E-state index is 5.96. The average molecular weight is 343 g/mol. The van der Waals surface area contributed by atoms with E-state index in [9.17, 15) is 0 Å². The van der Waals surface area contributed by atoms with Crippen LogP contribution in [0.4, 0.5) is 0 Å². The molecule has 0 aliphatic heterocycles. The van der Waals surface area contributed by atoms with Gasteiger partial charge in [-0.3, -0.25) is 0 Å². The van der Waals surface area contributed by atoms with Crippen molar-refractivity contribution in [1.82, 2.24) is 4.37 Å². The summed E-state index contributed by atoms with van der Waals surface area (Å²) in [6.07, 6.45) is 0. The number of ether oxygens (including phenoxy) is 1. The molecule has 3 aromatic carbocycles. The number of hydrogen-bond donors (Lipinski definition) is 0. The fourth-order valence-electron chi connectivity index (χ4n) is 2.74. The molecule has 1 heterocycles. The topological polar surface area (TPSA) is 22.1 Å². The number of benzene rings is 3. The van der Waals surface area contributed by atoms with Crippen LogP contribution >= 0.6 is 11.5 Å². The van der Waals surface area contributed by atoms with Crippen LogP contribution in [0.2, 0.25) is 0 Å². The smallest absolute Gasteiger partial charge is 0.233 e. The third-order valence-electron chi connectivity index (χ3n) is 4.04. The standard InChI is InChI=1S/C22H17NOS/c1-3-8-17(9-4-1)15-24-22-21(16-25-23-22)20-13-7-12-19(14-20)18-10-5-2-6-11-18/h1-14,16H,15H2. The second kappa shape index (κ2) is 7.32. The van der Waals surface area contributed by atoms with Crippen LogP contribution in [-0.4, -0.2) is 4.37 Å². The van der Waals surface area contributed by atoms with Crippen LogP contribution < -0.4 is 4.74 Å². The highest BCUT2D eigenvalue weighted by atomic mass is 32.1. The predicted octanol–water partition coefficient (Wildman–Crippen LogP) is 6.06. The van der Waals surface area contributed by atoms with Gasteiger partial charge >= 0.3 is 0 Å². The van der Waals surface area contributed by atoms with Crippen molar-refractivity contribution >= 4 is 11.5 Å². The Bertz CT molecular complexity index is 948. The molecule has 0 N–H and O–H groups in total. The highest BCUT2D eigenvalue weighted by molar-refractivity contribution is 7.04. The Hall–Kier alpha value is -2.91. The monoisotopic (exact) mass is 343 g/mol. The summed E-state index contributed by atoms with van der Waals surface area (Å²) in [5.74, 6) is 0.694. The molecule has 0 atom stereocenters. The summed E-state index contributed by atoms with van der Waals surface area (Å²) in [5.41, 5.74) is 5.70. The maximum absolute atomic E-state index is 5.96. The van der Waals surface area contributed by atoms with Crippen molar-refractivity contribution in [3.05, 3.63) is 95.9 Å². The molecule has 0 spiro atoms. The summed E-state index contributed by atoms with van der Waals surface area (Å²) < 4.78 is 10.4. The van der Waals surface area contributed by atoms with Gasteiger partial charge in [-0.25, -0.2) is 0 Å². The lowest BCUT2D eigenvalue weighted by atomic mass is 10.0. The van der Waals surface area contributed by atoms with Crippen LogP contribution in [0.15, 0.2) is 90.3 Å². The Kier molecular flexibility index (Phi) is 4.57. The van der Waals surface area contributed by atoms with E-state index < -0.39 is 0 Å². The molecular formula is C22H17NOS. The van der Waals surface area contributed by atoms with Crippen LogP contribution in [0, 0.1) is 0 Å².